The molecule has 0 aromatic heterocycles. The number of alkyl halides is 2. The van der Waals surface area contributed by atoms with Crippen LogP contribution in [0.15, 0.2) is 12.2 Å². The fourth-order valence-electron chi connectivity index (χ4n) is 1.07. The van der Waals surface area contributed by atoms with Crippen molar-refractivity contribution < 1.29 is 5.11 Å². The van der Waals surface area contributed by atoms with Crippen LogP contribution in [-0.2, 0) is 0 Å². The third-order valence-corrected chi connectivity index (χ3v) is 2.74. The molecule has 1 nitrogen and oxygen atoms in total. The van der Waals surface area contributed by atoms with E-state index in [1.54, 1.807) is 0 Å². The highest BCUT2D eigenvalue weighted by atomic mass is 35.5. The van der Waals surface area contributed by atoms with Crippen LogP contribution in [0.4, 0.5) is 0 Å². The van der Waals surface area contributed by atoms with Crippen LogP contribution in [0.25, 0.3) is 0 Å². The molecule has 0 bridgehead atoms. The summed E-state index contributed by atoms with van der Waals surface area (Å²) in [5.41, 5.74) is 0. The molecular formula is C7H10Cl2O. The highest BCUT2D eigenvalue weighted by molar-refractivity contribution is 6.25. The minimum Gasteiger partial charge on any atom is -0.396 e. The molecule has 0 spiro atoms. The van der Waals surface area contributed by atoms with Crippen molar-refractivity contribution >= 4 is 23.2 Å². The molecule has 0 amide bonds. The lowest BCUT2D eigenvalue weighted by Gasteiger charge is -2.25. The Morgan fingerprint density at radius 2 is 2.20 bits per heavy atom. The molecule has 10 heavy (non-hydrogen) atoms. The van der Waals surface area contributed by atoms with Crippen LogP contribution in [0.5, 0.6) is 0 Å². The van der Waals surface area contributed by atoms with Gasteiger partial charge in [0.1, 0.15) is 0 Å². The zero-order chi connectivity index (χ0) is 7.56. The Morgan fingerprint density at radius 3 is 2.60 bits per heavy atom. The van der Waals surface area contributed by atoms with E-state index in [4.69, 9.17) is 28.3 Å². The van der Waals surface area contributed by atoms with Gasteiger partial charge in [-0.05, 0) is 6.42 Å². The van der Waals surface area contributed by atoms with Crippen LogP contribution in [0, 0.1) is 5.92 Å². The minimum atomic E-state index is -0.0961. The van der Waals surface area contributed by atoms with Crippen LogP contribution in [0.2, 0.25) is 0 Å². The molecule has 0 aromatic carbocycles. The highest BCUT2D eigenvalue weighted by Crippen LogP contribution is 2.27. The van der Waals surface area contributed by atoms with Gasteiger partial charge in [0.25, 0.3) is 0 Å². The van der Waals surface area contributed by atoms with Gasteiger partial charge in [0.05, 0.1) is 5.38 Å². The molecule has 3 atom stereocenters. The Hall–Kier alpha value is 0.280. The molecular weight excluding hydrogens is 171 g/mol. The summed E-state index contributed by atoms with van der Waals surface area (Å²) in [5.74, 6) is 0.0216. The molecule has 1 rings (SSSR count). The third-order valence-electron chi connectivity index (χ3n) is 1.77. The number of halogens is 2. The lowest BCUT2D eigenvalue weighted by atomic mass is 9.94. The van der Waals surface area contributed by atoms with Gasteiger partial charge >= 0.3 is 0 Å². The Labute approximate surface area is 70.6 Å². The molecule has 0 fully saturated rings. The van der Waals surface area contributed by atoms with E-state index in [0.29, 0.717) is 0 Å². The van der Waals surface area contributed by atoms with Crippen molar-refractivity contribution in [2.75, 3.05) is 6.61 Å². The van der Waals surface area contributed by atoms with Gasteiger partial charge in [-0.3, -0.25) is 0 Å². The number of hydrogen-bond acceptors (Lipinski definition) is 1. The summed E-state index contributed by atoms with van der Waals surface area (Å²) in [4.78, 5) is 0. The first-order valence-electron chi connectivity index (χ1n) is 3.31. The first-order chi connectivity index (χ1) is 4.75. The summed E-state index contributed by atoms with van der Waals surface area (Å²) in [6.45, 7) is 0.0761. The van der Waals surface area contributed by atoms with Crippen molar-refractivity contribution in [3.8, 4) is 0 Å². The second-order valence-corrected chi connectivity index (χ2v) is 3.54. The second kappa shape index (κ2) is 3.61. The number of allylic oxidation sites excluding steroid dienone is 2. The van der Waals surface area contributed by atoms with E-state index < -0.39 is 0 Å². The van der Waals surface area contributed by atoms with Gasteiger partial charge in [-0.15, -0.1) is 23.2 Å². The van der Waals surface area contributed by atoms with Gasteiger partial charge < -0.3 is 5.11 Å². The van der Waals surface area contributed by atoms with Crippen molar-refractivity contribution in [1.82, 2.24) is 0 Å². The van der Waals surface area contributed by atoms with Crippen LogP contribution >= 0.6 is 23.2 Å². The van der Waals surface area contributed by atoms with Gasteiger partial charge in [-0.2, -0.15) is 0 Å². The maximum Gasteiger partial charge on any atom is 0.0580 e. The minimum absolute atomic E-state index is 0.00231. The standard InChI is InChI=1S/C7H10Cl2O/c8-6-2-1-3-7(9)5(6)4-10/h1-2,5-7,10H,3-4H2. The molecule has 0 heterocycles. The van der Waals surface area contributed by atoms with Crippen LogP contribution in [0.3, 0.4) is 0 Å². The summed E-state index contributed by atoms with van der Waals surface area (Å²) in [7, 11) is 0. The molecule has 58 valence electrons. The van der Waals surface area contributed by atoms with Crippen molar-refractivity contribution in [2.24, 2.45) is 5.92 Å². The number of aliphatic hydroxyl groups is 1. The Balaban J connectivity index is 2.58. The fraction of sp³-hybridized carbons (Fsp3) is 0.714. The predicted octanol–water partition coefficient (Wildman–Crippen LogP) is 1.77. The Bertz CT molecular complexity index is 136. The number of hydrogen-bond donors (Lipinski definition) is 1. The zero-order valence-electron chi connectivity index (χ0n) is 5.50. The summed E-state index contributed by atoms with van der Waals surface area (Å²) in [6.07, 6.45) is 4.67. The molecule has 3 unspecified atom stereocenters. The van der Waals surface area contributed by atoms with E-state index in [2.05, 4.69) is 0 Å². The van der Waals surface area contributed by atoms with E-state index in [-0.39, 0.29) is 23.3 Å². The average molecular weight is 181 g/mol. The molecule has 1 aliphatic carbocycles. The van der Waals surface area contributed by atoms with Gasteiger partial charge in [0.15, 0.2) is 0 Å². The van der Waals surface area contributed by atoms with Crippen LogP contribution in [0.1, 0.15) is 6.42 Å². The zero-order valence-corrected chi connectivity index (χ0v) is 7.02. The lowest BCUT2D eigenvalue weighted by Crippen LogP contribution is -2.29. The molecule has 0 radical (unpaired) electrons. The van der Waals surface area contributed by atoms with Crippen molar-refractivity contribution in [3.05, 3.63) is 12.2 Å². The summed E-state index contributed by atoms with van der Waals surface area (Å²) >= 11 is 11.7. The first kappa shape index (κ1) is 8.38. The summed E-state index contributed by atoms with van der Waals surface area (Å²) in [5, 5.41) is 8.73. The Kier molecular flexibility index (Phi) is 3.02. The van der Waals surface area contributed by atoms with Crippen molar-refractivity contribution in [3.63, 3.8) is 0 Å². The maximum atomic E-state index is 8.83. The van der Waals surface area contributed by atoms with E-state index in [0.717, 1.165) is 6.42 Å². The van der Waals surface area contributed by atoms with Gasteiger partial charge in [0.2, 0.25) is 0 Å². The molecule has 0 saturated heterocycles. The normalized spacial score (nSPS) is 40.1. The van der Waals surface area contributed by atoms with E-state index in [1.165, 1.54) is 0 Å². The summed E-state index contributed by atoms with van der Waals surface area (Å²) in [6, 6.07) is 0. The monoisotopic (exact) mass is 180 g/mol. The molecule has 0 aliphatic heterocycles. The Morgan fingerprint density at radius 1 is 1.50 bits per heavy atom. The first-order valence-corrected chi connectivity index (χ1v) is 4.18. The number of rotatable bonds is 1. The second-order valence-electron chi connectivity index (χ2n) is 2.47. The van der Waals surface area contributed by atoms with Crippen LogP contribution in [-0.4, -0.2) is 22.5 Å². The van der Waals surface area contributed by atoms with Crippen molar-refractivity contribution in [1.29, 1.82) is 0 Å². The SMILES string of the molecule is OCC1C(Cl)C=CCC1Cl. The maximum absolute atomic E-state index is 8.83. The summed E-state index contributed by atoms with van der Waals surface area (Å²) < 4.78 is 0. The quantitative estimate of drug-likeness (QED) is 0.482. The molecule has 0 saturated carbocycles. The fourth-order valence-corrected chi connectivity index (χ4v) is 1.84. The predicted molar refractivity (Wildman–Crippen MR) is 43.6 cm³/mol. The molecule has 0 aromatic rings. The van der Waals surface area contributed by atoms with E-state index >= 15 is 0 Å². The van der Waals surface area contributed by atoms with Gasteiger partial charge in [-0.25, -0.2) is 0 Å². The van der Waals surface area contributed by atoms with Crippen LogP contribution < -0.4 is 0 Å². The largest absolute Gasteiger partial charge is 0.396 e. The highest BCUT2D eigenvalue weighted by Gasteiger charge is 2.26. The molecule has 3 heteroatoms. The number of aliphatic hydroxyl groups excluding tert-OH is 1. The van der Waals surface area contributed by atoms with Gasteiger partial charge in [0, 0.05) is 17.9 Å². The smallest absolute Gasteiger partial charge is 0.0580 e. The molecule has 1 N–H and O–H groups in total. The van der Waals surface area contributed by atoms with E-state index in [1.807, 2.05) is 12.2 Å². The topological polar surface area (TPSA) is 20.2 Å². The van der Waals surface area contributed by atoms with Gasteiger partial charge in [-0.1, -0.05) is 12.2 Å². The van der Waals surface area contributed by atoms with Crippen molar-refractivity contribution in [2.45, 2.75) is 17.2 Å². The lowest BCUT2D eigenvalue weighted by molar-refractivity contribution is 0.222. The third kappa shape index (κ3) is 1.66. The van der Waals surface area contributed by atoms with E-state index in [9.17, 15) is 0 Å². The molecule has 1 aliphatic rings. The average Bonchev–Trinajstić information content (AvgIpc) is 1.88.